The van der Waals surface area contributed by atoms with E-state index in [2.05, 4.69) is 0 Å². The molecular formula is C15H23F7O2S. The zero-order chi connectivity index (χ0) is 20.1. The minimum Gasteiger partial charge on any atom is -0.481 e. The maximum atomic E-state index is 13.1. The molecule has 0 heterocycles. The highest BCUT2D eigenvalue weighted by molar-refractivity contribution is 7.99. The number of halogens is 7. The largest absolute Gasteiger partial charge is 0.481 e. The lowest BCUT2D eigenvalue weighted by molar-refractivity contribution is -0.355. The lowest BCUT2D eigenvalue weighted by atomic mass is 9.93. The van der Waals surface area contributed by atoms with Gasteiger partial charge in [-0.2, -0.15) is 42.5 Å². The molecule has 150 valence electrons. The van der Waals surface area contributed by atoms with Crippen molar-refractivity contribution in [3.8, 4) is 0 Å². The monoisotopic (exact) mass is 400 g/mol. The minimum absolute atomic E-state index is 0.0568. The normalized spacial score (nSPS) is 16.1. The molecule has 1 N–H and O–H groups in total. The Hall–Kier alpha value is -0.670. The van der Waals surface area contributed by atoms with Crippen molar-refractivity contribution in [2.75, 3.05) is 5.75 Å². The van der Waals surface area contributed by atoms with Crippen LogP contribution in [0.1, 0.15) is 46.5 Å². The van der Waals surface area contributed by atoms with Gasteiger partial charge in [-0.05, 0) is 30.9 Å². The van der Waals surface area contributed by atoms with E-state index in [1.807, 2.05) is 13.8 Å². The number of thioether (sulfide) groups is 1. The Bertz CT molecular complexity index is 425. The summed E-state index contributed by atoms with van der Waals surface area (Å²) in [5.74, 6) is -12.7. The van der Waals surface area contributed by atoms with Crippen molar-refractivity contribution in [3.05, 3.63) is 0 Å². The molecule has 2 nitrogen and oxygen atoms in total. The van der Waals surface area contributed by atoms with Gasteiger partial charge < -0.3 is 5.11 Å². The van der Waals surface area contributed by atoms with E-state index < -0.39 is 42.8 Å². The molecule has 25 heavy (non-hydrogen) atoms. The van der Waals surface area contributed by atoms with Gasteiger partial charge in [0.15, 0.2) is 0 Å². The first-order valence-electron chi connectivity index (χ1n) is 7.78. The third kappa shape index (κ3) is 7.62. The Morgan fingerprint density at radius 2 is 1.52 bits per heavy atom. The summed E-state index contributed by atoms with van der Waals surface area (Å²) in [7, 11) is 0. The Balaban J connectivity index is 4.41. The molecule has 0 saturated heterocycles. The second-order valence-corrected chi connectivity index (χ2v) is 8.01. The summed E-state index contributed by atoms with van der Waals surface area (Å²) in [5.41, 5.74) is 0. The number of hydrogen-bond donors (Lipinski definition) is 1. The van der Waals surface area contributed by atoms with Gasteiger partial charge in [-0.15, -0.1) is 0 Å². The van der Waals surface area contributed by atoms with E-state index in [0.29, 0.717) is 6.42 Å². The molecule has 0 saturated carbocycles. The summed E-state index contributed by atoms with van der Waals surface area (Å²) in [6, 6.07) is 0. The van der Waals surface area contributed by atoms with E-state index in [0.717, 1.165) is 11.8 Å². The van der Waals surface area contributed by atoms with Crippen LogP contribution >= 0.6 is 11.8 Å². The van der Waals surface area contributed by atoms with Gasteiger partial charge in [-0.1, -0.05) is 20.8 Å². The topological polar surface area (TPSA) is 37.3 Å². The van der Waals surface area contributed by atoms with Crippen LogP contribution in [0.3, 0.4) is 0 Å². The summed E-state index contributed by atoms with van der Waals surface area (Å²) in [6.07, 6.45) is -7.71. The van der Waals surface area contributed by atoms with Crippen LogP contribution in [0.15, 0.2) is 0 Å². The fraction of sp³-hybridized carbons (Fsp3) is 0.933. The highest BCUT2D eigenvalue weighted by atomic mass is 32.2. The van der Waals surface area contributed by atoms with Crippen molar-refractivity contribution in [1.82, 2.24) is 0 Å². The smallest absolute Gasteiger partial charge is 0.459 e. The van der Waals surface area contributed by atoms with Gasteiger partial charge in [0.1, 0.15) is 0 Å². The molecule has 0 radical (unpaired) electrons. The zero-order valence-corrected chi connectivity index (χ0v) is 15.0. The van der Waals surface area contributed by atoms with Gasteiger partial charge in [0.25, 0.3) is 0 Å². The lowest BCUT2D eigenvalue weighted by Gasteiger charge is -2.28. The molecule has 0 rings (SSSR count). The van der Waals surface area contributed by atoms with E-state index in [9.17, 15) is 35.5 Å². The van der Waals surface area contributed by atoms with Crippen molar-refractivity contribution in [2.24, 2.45) is 11.8 Å². The van der Waals surface area contributed by atoms with Gasteiger partial charge in [0.2, 0.25) is 0 Å². The van der Waals surface area contributed by atoms with Crippen LogP contribution in [0.2, 0.25) is 0 Å². The molecule has 0 fully saturated rings. The fourth-order valence-corrected chi connectivity index (χ4v) is 3.36. The molecule has 0 aromatic rings. The number of carbonyl (C=O) groups is 1. The molecule has 2 atom stereocenters. The number of aliphatic carboxylic acids is 1. The summed E-state index contributed by atoms with van der Waals surface area (Å²) in [5, 5.41) is 8.88. The van der Waals surface area contributed by atoms with Crippen LogP contribution in [0, 0.1) is 11.8 Å². The highest BCUT2D eigenvalue weighted by Gasteiger charge is 2.72. The van der Waals surface area contributed by atoms with Crippen LogP contribution in [0.4, 0.5) is 30.7 Å². The average Bonchev–Trinajstić information content (AvgIpc) is 2.40. The van der Waals surface area contributed by atoms with Crippen molar-refractivity contribution in [2.45, 2.75) is 69.7 Å². The second-order valence-electron chi connectivity index (χ2n) is 6.46. The molecule has 0 bridgehead atoms. The highest BCUT2D eigenvalue weighted by Crippen LogP contribution is 2.48. The third-order valence-corrected chi connectivity index (χ3v) is 4.86. The molecule has 2 unspecified atom stereocenters. The Morgan fingerprint density at radius 1 is 1.00 bits per heavy atom. The number of carboxylic acids is 1. The second kappa shape index (κ2) is 9.32. The molecule has 0 aromatic heterocycles. The number of carboxylic acid groups (broad SMARTS) is 1. The van der Waals surface area contributed by atoms with Crippen LogP contribution in [0.5, 0.6) is 0 Å². The summed E-state index contributed by atoms with van der Waals surface area (Å²) in [4.78, 5) is 11.1. The lowest BCUT2D eigenvalue weighted by Crippen LogP contribution is -2.51. The van der Waals surface area contributed by atoms with Crippen LogP contribution in [-0.4, -0.2) is 40.1 Å². The Labute approximate surface area is 146 Å². The predicted octanol–water partition coefficient (Wildman–Crippen LogP) is 5.86. The molecule has 10 heteroatoms. The van der Waals surface area contributed by atoms with E-state index in [1.165, 1.54) is 0 Å². The van der Waals surface area contributed by atoms with Crippen LogP contribution in [0.25, 0.3) is 0 Å². The van der Waals surface area contributed by atoms with Crippen molar-refractivity contribution in [3.63, 3.8) is 0 Å². The maximum Gasteiger partial charge on any atom is 0.459 e. The van der Waals surface area contributed by atoms with Crippen molar-refractivity contribution >= 4 is 17.7 Å². The summed E-state index contributed by atoms with van der Waals surface area (Å²) < 4.78 is 87.7. The molecular weight excluding hydrogens is 377 g/mol. The minimum atomic E-state index is -6.30. The Morgan fingerprint density at radius 3 is 1.92 bits per heavy atom. The van der Waals surface area contributed by atoms with Gasteiger partial charge >= 0.3 is 24.0 Å². The van der Waals surface area contributed by atoms with Crippen molar-refractivity contribution in [1.29, 1.82) is 0 Å². The van der Waals surface area contributed by atoms with Crippen LogP contribution < -0.4 is 0 Å². The molecule has 0 spiro atoms. The molecule has 0 aliphatic rings. The van der Waals surface area contributed by atoms with E-state index in [4.69, 9.17) is 5.11 Å². The summed E-state index contributed by atoms with van der Waals surface area (Å²) >= 11 is 1.09. The molecule has 0 aliphatic carbocycles. The maximum absolute atomic E-state index is 13.1. The van der Waals surface area contributed by atoms with Crippen LogP contribution in [-0.2, 0) is 4.79 Å². The first-order valence-corrected chi connectivity index (χ1v) is 8.83. The zero-order valence-electron chi connectivity index (χ0n) is 14.2. The van der Waals surface area contributed by atoms with Gasteiger partial charge in [0, 0.05) is 11.7 Å². The fourth-order valence-electron chi connectivity index (χ4n) is 2.28. The number of rotatable bonds is 11. The van der Waals surface area contributed by atoms with Gasteiger partial charge in [-0.25, -0.2) is 0 Å². The molecule has 0 amide bonds. The van der Waals surface area contributed by atoms with Gasteiger partial charge in [-0.3, -0.25) is 4.79 Å². The average molecular weight is 400 g/mol. The predicted molar refractivity (Wildman–Crippen MR) is 82.3 cm³/mol. The third-order valence-electron chi connectivity index (χ3n) is 3.57. The number of alkyl halides is 7. The Kier molecular flexibility index (Phi) is 9.07. The quantitative estimate of drug-likeness (QED) is 0.349. The molecule has 0 aromatic carbocycles. The first kappa shape index (κ1) is 24.3. The van der Waals surface area contributed by atoms with E-state index in [-0.39, 0.29) is 23.3 Å². The van der Waals surface area contributed by atoms with Crippen molar-refractivity contribution < 1.29 is 40.6 Å². The first-order chi connectivity index (χ1) is 11.1. The SMILES string of the molecule is CC(C)CC(CC(C)SCCCC(F)(F)C(F)(F)C(F)(F)F)C(=O)O. The number of hydrogen-bond acceptors (Lipinski definition) is 2. The molecule has 0 aliphatic heterocycles. The van der Waals surface area contributed by atoms with E-state index in [1.54, 1.807) is 6.92 Å². The standard InChI is InChI=1S/C15H23F7O2S/c1-9(2)7-11(12(23)24)8-10(3)25-6-4-5-13(16,17)14(18,19)15(20,21)22/h9-11H,4-8H2,1-3H3,(H,23,24). The van der Waals surface area contributed by atoms with Gasteiger partial charge in [0.05, 0.1) is 5.92 Å². The summed E-state index contributed by atoms with van der Waals surface area (Å²) in [6.45, 7) is 5.39. The van der Waals surface area contributed by atoms with E-state index >= 15 is 0 Å².